The minimum atomic E-state index is 0.622. The van der Waals surface area contributed by atoms with E-state index < -0.39 is 0 Å². The lowest BCUT2D eigenvalue weighted by atomic mass is 10.2. The molecule has 0 fully saturated rings. The first kappa shape index (κ1) is 14.7. The van der Waals surface area contributed by atoms with Gasteiger partial charge in [0, 0.05) is 17.6 Å². The largest absolute Gasteiger partial charge is 0.397 e. The molecule has 0 unspecified atom stereocenters. The van der Waals surface area contributed by atoms with Crippen LogP contribution in [0, 0.1) is 11.3 Å². The summed E-state index contributed by atoms with van der Waals surface area (Å²) in [7, 11) is 0. The number of nitrogen functional groups attached to an aromatic ring is 1. The van der Waals surface area contributed by atoms with E-state index >= 15 is 0 Å². The fraction of sp³-hybridized carbons (Fsp3) is 0.267. The fourth-order valence-corrected chi connectivity index (χ4v) is 1.34. The van der Waals surface area contributed by atoms with Crippen molar-refractivity contribution in [3.8, 4) is 6.07 Å². The highest BCUT2D eigenvalue weighted by atomic mass is 14.7. The summed E-state index contributed by atoms with van der Waals surface area (Å²) in [6.07, 6.45) is 5.17. The maximum atomic E-state index is 8.41. The van der Waals surface area contributed by atoms with E-state index in [0.29, 0.717) is 5.56 Å². The van der Waals surface area contributed by atoms with Gasteiger partial charge in [-0.05, 0) is 37.1 Å². The second kappa shape index (κ2) is 7.83. The topological polar surface area (TPSA) is 75.6 Å². The highest BCUT2D eigenvalue weighted by molar-refractivity contribution is 5.34. The molecule has 0 bridgehead atoms. The van der Waals surface area contributed by atoms with E-state index in [-0.39, 0.29) is 0 Å². The smallest absolute Gasteiger partial charge is 0.101 e. The van der Waals surface area contributed by atoms with Gasteiger partial charge in [0.25, 0.3) is 0 Å². The Kier molecular flexibility index (Phi) is 6.04. The van der Waals surface area contributed by atoms with Crippen molar-refractivity contribution in [1.29, 1.82) is 5.26 Å². The molecule has 0 aliphatic rings. The SMILES string of the molecule is CCc1ccc(C#N)cn1.CCc1ccc(N)cn1. The van der Waals surface area contributed by atoms with Crippen LogP contribution in [0.15, 0.2) is 36.7 Å². The van der Waals surface area contributed by atoms with Crippen LogP contribution in [0.3, 0.4) is 0 Å². The van der Waals surface area contributed by atoms with Crippen molar-refractivity contribution in [1.82, 2.24) is 9.97 Å². The molecule has 0 aliphatic carbocycles. The molecule has 0 aromatic carbocycles. The average Bonchev–Trinajstić information content (AvgIpc) is 2.49. The van der Waals surface area contributed by atoms with Crippen LogP contribution in [-0.2, 0) is 12.8 Å². The van der Waals surface area contributed by atoms with Crippen molar-refractivity contribution in [3.05, 3.63) is 53.6 Å². The molecule has 0 atom stereocenters. The number of aromatic nitrogens is 2. The third-order valence-corrected chi connectivity index (χ3v) is 2.53. The molecule has 2 rings (SSSR count). The van der Waals surface area contributed by atoms with Crippen LogP contribution < -0.4 is 5.73 Å². The lowest BCUT2D eigenvalue weighted by Gasteiger charge is -1.93. The first-order valence-corrected chi connectivity index (χ1v) is 6.25. The zero-order chi connectivity index (χ0) is 14.1. The number of rotatable bonds is 2. The monoisotopic (exact) mass is 254 g/mol. The van der Waals surface area contributed by atoms with E-state index in [4.69, 9.17) is 11.0 Å². The van der Waals surface area contributed by atoms with Crippen LogP contribution in [-0.4, -0.2) is 9.97 Å². The normalized spacial score (nSPS) is 9.11. The van der Waals surface area contributed by atoms with Gasteiger partial charge in [0.05, 0.1) is 17.4 Å². The Labute approximate surface area is 113 Å². The molecule has 2 aromatic rings. The summed E-state index contributed by atoms with van der Waals surface area (Å²) in [6, 6.07) is 9.48. The Balaban J connectivity index is 0.000000191. The van der Waals surface area contributed by atoms with E-state index in [2.05, 4.69) is 16.9 Å². The average molecular weight is 254 g/mol. The number of nitrogens with zero attached hydrogens (tertiary/aromatic N) is 3. The lowest BCUT2D eigenvalue weighted by Crippen LogP contribution is -1.89. The first-order chi connectivity index (χ1) is 9.19. The van der Waals surface area contributed by atoms with E-state index in [1.54, 1.807) is 18.5 Å². The van der Waals surface area contributed by atoms with Crippen molar-refractivity contribution < 1.29 is 0 Å². The molecule has 19 heavy (non-hydrogen) atoms. The number of hydrogen-bond donors (Lipinski definition) is 1. The minimum Gasteiger partial charge on any atom is -0.397 e. The summed E-state index contributed by atoms with van der Waals surface area (Å²) >= 11 is 0. The van der Waals surface area contributed by atoms with E-state index in [1.165, 1.54) is 0 Å². The summed E-state index contributed by atoms with van der Waals surface area (Å²) < 4.78 is 0. The molecule has 0 aliphatic heterocycles. The van der Waals surface area contributed by atoms with Crippen LogP contribution in [0.25, 0.3) is 0 Å². The number of pyridine rings is 2. The van der Waals surface area contributed by atoms with Gasteiger partial charge >= 0.3 is 0 Å². The maximum absolute atomic E-state index is 8.41. The Morgan fingerprint density at radius 1 is 1.00 bits per heavy atom. The van der Waals surface area contributed by atoms with Gasteiger partial charge in [-0.3, -0.25) is 9.97 Å². The van der Waals surface area contributed by atoms with Crippen LogP contribution in [0.1, 0.15) is 30.8 Å². The third-order valence-electron chi connectivity index (χ3n) is 2.53. The van der Waals surface area contributed by atoms with Gasteiger partial charge < -0.3 is 5.73 Å². The van der Waals surface area contributed by atoms with Crippen molar-refractivity contribution in [3.63, 3.8) is 0 Å². The minimum absolute atomic E-state index is 0.622. The highest BCUT2D eigenvalue weighted by Gasteiger charge is 1.90. The molecule has 2 heterocycles. The third kappa shape index (κ3) is 5.17. The lowest BCUT2D eigenvalue weighted by molar-refractivity contribution is 1.03. The van der Waals surface area contributed by atoms with Gasteiger partial charge in [-0.1, -0.05) is 13.8 Å². The molecular formula is C15H18N4. The van der Waals surface area contributed by atoms with Crippen LogP contribution >= 0.6 is 0 Å². The second-order valence-electron chi connectivity index (χ2n) is 3.94. The fourth-order valence-electron chi connectivity index (χ4n) is 1.34. The molecule has 0 amide bonds. The predicted octanol–water partition coefficient (Wildman–Crippen LogP) is 2.74. The molecule has 4 nitrogen and oxygen atoms in total. The van der Waals surface area contributed by atoms with E-state index in [9.17, 15) is 0 Å². The van der Waals surface area contributed by atoms with Gasteiger partial charge in [0.15, 0.2) is 0 Å². The quantitative estimate of drug-likeness (QED) is 0.894. The predicted molar refractivity (Wildman–Crippen MR) is 76.4 cm³/mol. The molecule has 2 aromatic heterocycles. The molecule has 98 valence electrons. The van der Waals surface area contributed by atoms with Gasteiger partial charge in [0.1, 0.15) is 6.07 Å². The van der Waals surface area contributed by atoms with Gasteiger partial charge in [-0.25, -0.2) is 0 Å². The van der Waals surface area contributed by atoms with E-state index in [1.807, 2.05) is 31.2 Å². The molecule has 0 radical (unpaired) electrons. The summed E-state index contributed by atoms with van der Waals surface area (Å²) in [5.74, 6) is 0. The van der Waals surface area contributed by atoms with Crippen LogP contribution in [0.4, 0.5) is 5.69 Å². The van der Waals surface area contributed by atoms with Crippen molar-refractivity contribution in [2.24, 2.45) is 0 Å². The Morgan fingerprint density at radius 2 is 1.58 bits per heavy atom. The molecular weight excluding hydrogens is 236 g/mol. The number of anilines is 1. The molecule has 4 heteroatoms. The molecule has 0 saturated heterocycles. The highest BCUT2D eigenvalue weighted by Crippen LogP contribution is 2.00. The van der Waals surface area contributed by atoms with Gasteiger partial charge in [0.2, 0.25) is 0 Å². The maximum Gasteiger partial charge on any atom is 0.101 e. The Hall–Kier alpha value is -2.41. The van der Waals surface area contributed by atoms with Crippen molar-refractivity contribution >= 4 is 5.69 Å². The molecule has 0 spiro atoms. The molecule has 0 saturated carbocycles. The summed E-state index contributed by atoms with van der Waals surface area (Å²) in [6.45, 7) is 4.10. The number of nitrogens with two attached hydrogens (primary N) is 1. The van der Waals surface area contributed by atoms with Crippen molar-refractivity contribution in [2.45, 2.75) is 26.7 Å². The summed E-state index contributed by atoms with van der Waals surface area (Å²) in [5.41, 5.74) is 8.88. The summed E-state index contributed by atoms with van der Waals surface area (Å²) in [5, 5.41) is 8.41. The van der Waals surface area contributed by atoms with Gasteiger partial charge in [-0.2, -0.15) is 5.26 Å². The zero-order valence-corrected chi connectivity index (χ0v) is 11.3. The molecule has 2 N–H and O–H groups in total. The van der Waals surface area contributed by atoms with Crippen LogP contribution in [0.2, 0.25) is 0 Å². The van der Waals surface area contributed by atoms with E-state index in [0.717, 1.165) is 29.9 Å². The Morgan fingerprint density at radius 3 is 1.95 bits per heavy atom. The van der Waals surface area contributed by atoms with Crippen molar-refractivity contribution in [2.75, 3.05) is 5.73 Å². The number of hydrogen-bond acceptors (Lipinski definition) is 4. The summed E-state index contributed by atoms with van der Waals surface area (Å²) in [4.78, 5) is 8.12. The number of nitriles is 1. The van der Waals surface area contributed by atoms with Gasteiger partial charge in [-0.15, -0.1) is 0 Å². The zero-order valence-electron chi connectivity index (χ0n) is 11.3. The number of aryl methyl sites for hydroxylation is 2. The first-order valence-electron chi connectivity index (χ1n) is 6.25. The standard InChI is InChI=1S/C8H8N2.C7H10N2/c1-2-8-4-3-7(5-9)6-10-8;1-2-7-4-3-6(8)5-9-7/h3-4,6H,2H2,1H3;3-5H,2,8H2,1H3. The second-order valence-corrected chi connectivity index (χ2v) is 3.94. The van der Waals surface area contributed by atoms with Crippen LogP contribution in [0.5, 0.6) is 0 Å². The Bertz CT molecular complexity index is 524.